The second kappa shape index (κ2) is 6.49. The largest absolute Gasteiger partial charge is 0.340 e. The number of nitrogens with zero attached hydrogens (tertiary/aromatic N) is 5. The lowest BCUT2D eigenvalue weighted by atomic mass is 10.3. The topological polar surface area (TPSA) is 46.8 Å². The summed E-state index contributed by atoms with van der Waals surface area (Å²) in [7, 11) is 0. The molecule has 0 aliphatic heterocycles. The lowest BCUT2D eigenvalue weighted by Crippen LogP contribution is -2.27. The molecule has 0 fully saturated rings. The maximum Gasteiger partial charge on any atom is 0.250 e. The van der Waals surface area contributed by atoms with E-state index >= 15 is 0 Å². The number of aromatic nitrogens is 4. The first-order valence-corrected chi connectivity index (χ1v) is 7.13. The highest BCUT2D eigenvalue weighted by molar-refractivity contribution is 9.09. The van der Waals surface area contributed by atoms with Gasteiger partial charge in [-0.2, -0.15) is 4.68 Å². The molecule has 2 aromatic rings. The van der Waals surface area contributed by atoms with E-state index in [0.717, 1.165) is 36.5 Å². The third-order valence-corrected chi connectivity index (χ3v) is 3.24. The summed E-state index contributed by atoms with van der Waals surface area (Å²) in [5, 5.41) is 13.0. The van der Waals surface area contributed by atoms with E-state index in [4.69, 9.17) is 0 Å². The van der Waals surface area contributed by atoms with Gasteiger partial charge in [-0.05, 0) is 35.9 Å². The normalized spacial score (nSPS) is 10.6. The number of para-hydroxylation sites is 1. The molecule has 5 nitrogen and oxygen atoms in total. The standard InChI is InChI=1S/C12H16BrN5/c1-2-17(10-6-9-13)12-14-15-16-18(12)11-7-4-3-5-8-11/h3-5,7-8H,2,6,9-10H2,1H3. The van der Waals surface area contributed by atoms with Crippen LogP contribution >= 0.6 is 15.9 Å². The van der Waals surface area contributed by atoms with Crippen molar-refractivity contribution in [2.24, 2.45) is 0 Å². The molecule has 0 amide bonds. The Morgan fingerprint density at radius 1 is 1.28 bits per heavy atom. The minimum atomic E-state index is 0.796. The van der Waals surface area contributed by atoms with Crippen molar-refractivity contribution < 1.29 is 0 Å². The smallest absolute Gasteiger partial charge is 0.250 e. The van der Waals surface area contributed by atoms with Crippen LogP contribution in [-0.2, 0) is 0 Å². The van der Waals surface area contributed by atoms with E-state index < -0.39 is 0 Å². The highest BCUT2D eigenvalue weighted by Crippen LogP contribution is 2.15. The van der Waals surface area contributed by atoms with E-state index in [1.807, 2.05) is 30.3 Å². The van der Waals surface area contributed by atoms with Crippen molar-refractivity contribution in [2.45, 2.75) is 13.3 Å². The molecule has 0 saturated carbocycles. The predicted molar refractivity (Wildman–Crippen MR) is 75.5 cm³/mol. The van der Waals surface area contributed by atoms with Crippen LogP contribution in [0.3, 0.4) is 0 Å². The van der Waals surface area contributed by atoms with E-state index in [1.54, 1.807) is 4.68 Å². The molecule has 0 N–H and O–H groups in total. The fourth-order valence-corrected chi connectivity index (χ4v) is 2.02. The van der Waals surface area contributed by atoms with Crippen LogP contribution in [0.1, 0.15) is 13.3 Å². The third kappa shape index (κ3) is 2.87. The van der Waals surface area contributed by atoms with E-state index in [9.17, 15) is 0 Å². The molecule has 0 radical (unpaired) electrons. The first kappa shape index (κ1) is 13.0. The number of anilines is 1. The zero-order chi connectivity index (χ0) is 12.8. The summed E-state index contributed by atoms with van der Waals surface area (Å²) in [4.78, 5) is 2.17. The Labute approximate surface area is 115 Å². The van der Waals surface area contributed by atoms with E-state index in [0.29, 0.717) is 0 Å². The van der Waals surface area contributed by atoms with Gasteiger partial charge >= 0.3 is 0 Å². The summed E-state index contributed by atoms with van der Waals surface area (Å²) >= 11 is 3.45. The molecule has 0 spiro atoms. The van der Waals surface area contributed by atoms with E-state index in [1.165, 1.54) is 0 Å². The summed E-state index contributed by atoms with van der Waals surface area (Å²) in [6, 6.07) is 9.94. The average molecular weight is 310 g/mol. The Hall–Kier alpha value is -1.43. The van der Waals surface area contributed by atoms with Gasteiger partial charge < -0.3 is 4.90 Å². The second-order valence-electron chi connectivity index (χ2n) is 3.85. The zero-order valence-corrected chi connectivity index (χ0v) is 11.9. The molecule has 1 heterocycles. The second-order valence-corrected chi connectivity index (χ2v) is 4.64. The number of halogens is 1. The lowest BCUT2D eigenvalue weighted by molar-refractivity contribution is 0.735. The number of tetrazole rings is 1. The number of benzene rings is 1. The van der Waals surface area contributed by atoms with E-state index in [2.05, 4.69) is 43.3 Å². The SMILES string of the molecule is CCN(CCCBr)c1nnnn1-c1ccccc1. The van der Waals surface area contributed by atoms with Gasteiger partial charge in [0.1, 0.15) is 0 Å². The molecule has 18 heavy (non-hydrogen) atoms. The molecule has 0 bridgehead atoms. The highest BCUT2D eigenvalue weighted by Gasteiger charge is 2.14. The van der Waals surface area contributed by atoms with Gasteiger partial charge in [-0.25, -0.2) is 0 Å². The molecular formula is C12H16BrN5. The monoisotopic (exact) mass is 309 g/mol. The number of hydrogen-bond donors (Lipinski definition) is 0. The molecule has 1 aromatic heterocycles. The summed E-state index contributed by atoms with van der Waals surface area (Å²) in [6.45, 7) is 3.94. The van der Waals surface area contributed by atoms with Crippen LogP contribution < -0.4 is 4.90 Å². The Morgan fingerprint density at radius 2 is 2.06 bits per heavy atom. The van der Waals surface area contributed by atoms with Gasteiger partial charge in [-0.3, -0.25) is 0 Å². The number of rotatable bonds is 6. The van der Waals surface area contributed by atoms with Crippen LogP contribution in [0.5, 0.6) is 0 Å². The predicted octanol–water partition coefficient (Wildman–Crippen LogP) is 2.27. The van der Waals surface area contributed by atoms with Crippen molar-refractivity contribution in [2.75, 3.05) is 23.3 Å². The fourth-order valence-electron chi connectivity index (χ4n) is 1.77. The van der Waals surface area contributed by atoms with Gasteiger partial charge in [0, 0.05) is 18.4 Å². The van der Waals surface area contributed by atoms with Crippen LogP contribution in [0.15, 0.2) is 30.3 Å². The van der Waals surface area contributed by atoms with Gasteiger partial charge in [-0.1, -0.05) is 39.2 Å². The first-order valence-electron chi connectivity index (χ1n) is 6.01. The van der Waals surface area contributed by atoms with Crippen molar-refractivity contribution in [3.8, 4) is 5.69 Å². The lowest BCUT2D eigenvalue weighted by Gasteiger charge is -2.20. The van der Waals surface area contributed by atoms with Gasteiger partial charge in [0.15, 0.2) is 0 Å². The first-order chi connectivity index (χ1) is 8.86. The minimum absolute atomic E-state index is 0.796. The van der Waals surface area contributed by atoms with Crippen LogP contribution in [-0.4, -0.2) is 38.6 Å². The maximum absolute atomic E-state index is 4.13. The van der Waals surface area contributed by atoms with Crippen molar-refractivity contribution >= 4 is 21.9 Å². The number of alkyl halides is 1. The molecule has 1 aromatic carbocycles. The molecule has 6 heteroatoms. The van der Waals surface area contributed by atoms with Gasteiger partial charge in [-0.15, -0.1) is 0 Å². The summed E-state index contributed by atoms with van der Waals surface area (Å²) in [5.74, 6) is 0.796. The Balaban J connectivity index is 2.26. The van der Waals surface area contributed by atoms with Crippen LogP contribution in [0.25, 0.3) is 5.69 Å². The maximum atomic E-state index is 4.13. The molecular weight excluding hydrogens is 294 g/mol. The Morgan fingerprint density at radius 3 is 2.72 bits per heavy atom. The fraction of sp³-hybridized carbons (Fsp3) is 0.417. The van der Waals surface area contributed by atoms with Gasteiger partial charge in [0.25, 0.3) is 0 Å². The zero-order valence-electron chi connectivity index (χ0n) is 10.3. The third-order valence-electron chi connectivity index (χ3n) is 2.68. The van der Waals surface area contributed by atoms with Crippen molar-refractivity contribution in [1.82, 2.24) is 20.2 Å². The average Bonchev–Trinajstić information content (AvgIpc) is 2.90. The molecule has 0 aliphatic carbocycles. The van der Waals surface area contributed by atoms with E-state index in [-0.39, 0.29) is 0 Å². The number of hydrogen-bond acceptors (Lipinski definition) is 4. The summed E-state index contributed by atoms with van der Waals surface area (Å²) in [5.41, 5.74) is 0.981. The Kier molecular flexibility index (Phi) is 4.69. The summed E-state index contributed by atoms with van der Waals surface area (Å²) < 4.78 is 1.78. The Bertz CT molecular complexity index is 470. The van der Waals surface area contributed by atoms with Crippen LogP contribution in [0.4, 0.5) is 5.95 Å². The van der Waals surface area contributed by atoms with Crippen molar-refractivity contribution in [3.63, 3.8) is 0 Å². The summed E-state index contributed by atoms with van der Waals surface area (Å²) in [6.07, 6.45) is 1.06. The quantitative estimate of drug-likeness (QED) is 0.768. The molecule has 0 aliphatic rings. The molecule has 96 valence electrons. The van der Waals surface area contributed by atoms with Gasteiger partial charge in [0.2, 0.25) is 5.95 Å². The molecule has 0 unspecified atom stereocenters. The van der Waals surface area contributed by atoms with Crippen LogP contribution in [0.2, 0.25) is 0 Å². The molecule has 0 atom stereocenters. The minimum Gasteiger partial charge on any atom is -0.340 e. The van der Waals surface area contributed by atoms with Crippen molar-refractivity contribution in [1.29, 1.82) is 0 Å². The molecule has 0 saturated heterocycles. The molecule has 2 rings (SSSR count). The van der Waals surface area contributed by atoms with Crippen molar-refractivity contribution in [3.05, 3.63) is 30.3 Å². The highest BCUT2D eigenvalue weighted by atomic mass is 79.9. The van der Waals surface area contributed by atoms with Gasteiger partial charge in [0.05, 0.1) is 5.69 Å². The van der Waals surface area contributed by atoms with Crippen LogP contribution in [0, 0.1) is 0 Å².